The number of ether oxygens (including phenoxy) is 1. The number of hydrogen-bond donors (Lipinski definition) is 2. The van der Waals surface area contributed by atoms with Crippen molar-refractivity contribution in [2.24, 2.45) is 0 Å². The van der Waals surface area contributed by atoms with Crippen LogP contribution in [0.5, 0.6) is 5.75 Å². The first-order chi connectivity index (χ1) is 12.2. The third-order valence-corrected chi connectivity index (χ3v) is 4.24. The standard InChI is InChI=1S/C20H19N3O2/c1-25-15-10-8-13(9-11-15)21-19-12-17(20(24)22-14-6-7-14)16-4-2-3-5-18(16)23-19/h2-5,8-12,14H,6-7H2,1H3,(H,21,23)(H,22,24). The molecule has 0 spiro atoms. The van der Waals surface area contributed by atoms with E-state index < -0.39 is 0 Å². The molecule has 1 aromatic heterocycles. The lowest BCUT2D eigenvalue weighted by Gasteiger charge is -2.12. The van der Waals surface area contributed by atoms with Crippen LogP contribution in [-0.2, 0) is 0 Å². The van der Waals surface area contributed by atoms with Crippen LogP contribution in [-0.4, -0.2) is 24.0 Å². The molecule has 25 heavy (non-hydrogen) atoms. The number of rotatable bonds is 5. The van der Waals surface area contributed by atoms with Crippen molar-refractivity contribution in [2.75, 3.05) is 12.4 Å². The predicted molar refractivity (Wildman–Crippen MR) is 98.5 cm³/mol. The van der Waals surface area contributed by atoms with Crippen molar-refractivity contribution in [3.05, 3.63) is 60.2 Å². The Hall–Kier alpha value is -3.08. The maximum Gasteiger partial charge on any atom is 0.252 e. The molecule has 2 N–H and O–H groups in total. The van der Waals surface area contributed by atoms with Gasteiger partial charge in [0.25, 0.3) is 5.91 Å². The van der Waals surface area contributed by atoms with Gasteiger partial charge in [-0.1, -0.05) is 18.2 Å². The van der Waals surface area contributed by atoms with Crippen LogP contribution in [0.1, 0.15) is 23.2 Å². The first-order valence-corrected chi connectivity index (χ1v) is 8.34. The molecule has 3 aromatic rings. The molecule has 0 aliphatic heterocycles. The monoisotopic (exact) mass is 333 g/mol. The van der Waals surface area contributed by atoms with Crippen molar-refractivity contribution in [1.29, 1.82) is 0 Å². The van der Waals surface area contributed by atoms with E-state index in [2.05, 4.69) is 15.6 Å². The van der Waals surface area contributed by atoms with E-state index in [0.717, 1.165) is 35.2 Å². The summed E-state index contributed by atoms with van der Waals surface area (Å²) in [6.45, 7) is 0. The van der Waals surface area contributed by atoms with E-state index in [9.17, 15) is 4.79 Å². The van der Waals surface area contributed by atoms with Crippen LogP contribution in [0.2, 0.25) is 0 Å². The van der Waals surface area contributed by atoms with Gasteiger partial charge in [-0.05, 0) is 49.2 Å². The van der Waals surface area contributed by atoms with Gasteiger partial charge < -0.3 is 15.4 Å². The maximum atomic E-state index is 12.6. The fourth-order valence-electron chi connectivity index (χ4n) is 2.74. The van der Waals surface area contributed by atoms with Gasteiger partial charge in [0.15, 0.2) is 0 Å². The summed E-state index contributed by atoms with van der Waals surface area (Å²) >= 11 is 0. The molecule has 0 unspecified atom stereocenters. The number of carbonyl (C=O) groups excluding carboxylic acids is 1. The molecular weight excluding hydrogens is 314 g/mol. The van der Waals surface area contributed by atoms with E-state index in [1.807, 2.05) is 54.6 Å². The van der Waals surface area contributed by atoms with Crippen LogP contribution in [0, 0.1) is 0 Å². The Morgan fingerprint density at radius 1 is 1.12 bits per heavy atom. The van der Waals surface area contributed by atoms with Crippen molar-refractivity contribution in [3.63, 3.8) is 0 Å². The van der Waals surface area contributed by atoms with Crippen molar-refractivity contribution in [1.82, 2.24) is 10.3 Å². The minimum absolute atomic E-state index is 0.0427. The molecule has 1 amide bonds. The van der Waals surface area contributed by atoms with E-state index in [4.69, 9.17) is 4.74 Å². The molecule has 0 radical (unpaired) electrons. The Labute approximate surface area is 146 Å². The maximum absolute atomic E-state index is 12.6. The zero-order chi connectivity index (χ0) is 17.2. The highest BCUT2D eigenvalue weighted by molar-refractivity contribution is 6.07. The number of carbonyl (C=O) groups is 1. The zero-order valence-electron chi connectivity index (χ0n) is 14.0. The molecule has 126 valence electrons. The molecule has 0 atom stereocenters. The second kappa shape index (κ2) is 6.43. The first kappa shape index (κ1) is 15.4. The summed E-state index contributed by atoms with van der Waals surface area (Å²) < 4.78 is 5.17. The molecule has 0 saturated heterocycles. The van der Waals surface area contributed by atoms with E-state index in [1.54, 1.807) is 7.11 Å². The quantitative estimate of drug-likeness (QED) is 0.744. The normalized spacial score (nSPS) is 13.5. The largest absolute Gasteiger partial charge is 0.497 e. The van der Waals surface area contributed by atoms with Crippen LogP contribution in [0.25, 0.3) is 10.9 Å². The predicted octanol–water partition coefficient (Wildman–Crippen LogP) is 3.88. The second-order valence-corrected chi connectivity index (χ2v) is 6.17. The minimum Gasteiger partial charge on any atom is -0.497 e. The summed E-state index contributed by atoms with van der Waals surface area (Å²) in [4.78, 5) is 17.2. The molecule has 2 aromatic carbocycles. The Balaban J connectivity index is 1.69. The average molecular weight is 333 g/mol. The zero-order valence-corrected chi connectivity index (χ0v) is 14.0. The van der Waals surface area contributed by atoms with Crippen molar-refractivity contribution in [2.45, 2.75) is 18.9 Å². The molecule has 1 saturated carbocycles. The Morgan fingerprint density at radius 3 is 2.60 bits per heavy atom. The lowest BCUT2D eigenvalue weighted by molar-refractivity contribution is 0.0952. The van der Waals surface area contributed by atoms with Crippen LogP contribution < -0.4 is 15.4 Å². The minimum atomic E-state index is -0.0427. The molecule has 1 aliphatic carbocycles. The van der Waals surface area contributed by atoms with Gasteiger partial charge in [0.2, 0.25) is 0 Å². The van der Waals surface area contributed by atoms with E-state index >= 15 is 0 Å². The Morgan fingerprint density at radius 2 is 1.88 bits per heavy atom. The Bertz CT molecular complexity index is 918. The number of fused-ring (bicyclic) bond motifs is 1. The summed E-state index contributed by atoms with van der Waals surface area (Å²) in [5.74, 6) is 1.39. The lowest BCUT2D eigenvalue weighted by atomic mass is 10.1. The second-order valence-electron chi connectivity index (χ2n) is 6.17. The number of benzene rings is 2. The number of methoxy groups -OCH3 is 1. The number of nitrogens with one attached hydrogen (secondary N) is 2. The van der Waals surface area contributed by atoms with E-state index in [-0.39, 0.29) is 5.91 Å². The van der Waals surface area contributed by atoms with Crippen molar-refractivity contribution < 1.29 is 9.53 Å². The van der Waals surface area contributed by atoms with Crippen LogP contribution in [0.3, 0.4) is 0 Å². The molecule has 4 rings (SSSR count). The van der Waals surface area contributed by atoms with Gasteiger partial charge in [0, 0.05) is 17.1 Å². The molecular formula is C20H19N3O2. The van der Waals surface area contributed by atoms with Gasteiger partial charge in [-0.25, -0.2) is 4.98 Å². The van der Waals surface area contributed by atoms with Gasteiger partial charge >= 0.3 is 0 Å². The van der Waals surface area contributed by atoms with Gasteiger partial charge in [-0.15, -0.1) is 0 Å². The molecule has 1 aliphatic rings. The van der Waals surface area contributed by atoms with Crippen LogP contribution in [0.15, 0.2) is 54.6 Å². The van der Waals surface area contributed by atoms with E-state index in [1.165, 1.54) is 0 Å². The van der Waals surface area contributed by atoms with Crippen LogP contribution >= 0.6 is 0 Å². The molecule has 5 heteroatoms. The molecule has 1 fully saturated rings. The smallest absolute Gasteiger partial charge is 0.252 e. The van der Waals surface area contributed by atoms with Crippen molar-refractivity contribution in [3.8, 4) is 5.75 Å². The summed E-state index contributed by atoms with van der Waals surface area (Å²) in [6.07, 6.45) is 2.12. The number of aromatic nitrogens is 1. The fraction of sp³-hybridized carbons (Fsp3) is 0.200. The molecule has 1 heterocycles. The summed E-state index contributed by atoms with van der Waals surface area (Å²) in [6, 6.07) is 17.4. The number of amides is 1. The molecule has 0 bridgehead atoms. The van der Waals surface area contributed by atoms with Gasteiger partial charge in [-0.3, -0.25) is 4.79 Å². The number of para-hydroxylation sites is 1. The third kappa shape index (κ3) is 3.40. The summed E-state index contributed by atoms with van der Waals surface area (Å²) in [7, 11) is 1.64. The lowest BCUT2D eigenvalue weighted by Crippen LogP contribution is -2.25. The number of pyridine rings is 1. The highest BCUT2D eigenvalue weighted by Crippen LogP contribution is 2.26. The topological polar surface area (TPSA) is 63.2 Å². The average Bonchev–Trinajstić information content (AvgIpc) is 3.45. The van der Waals surface area contributed by atoms with E-state index in [0.29, 0.717) is 17.4 Å². The number of hydrogen-bond acceptors (Lipinski definition) is 4. The van der Waals surface area contributed by atoms with Gasteiger partial charge in [0.1, 0.15) is 11.6 Å². The van der Waals surface area contributed by atoms with Gasteiger partial charge in [-0.2, -0.15) is 0 Å². The highest BCUT2D eigenvalue weighted by atomic mass is 16.5. The third-order valence-electron chi connectivity index (χ3n) is 4.24. The van der Waals surface area contributed by atoms with Crippen LogP contribution in [0.4, 0.5) is 11.5 Å². The number of nitrogens with zero attached hydrogens (tertiary/aromatic N) is 1. The molecule has 5 nitrogen and oxygen atoms in total. The van der Waals surface area contributed by atoms with Crippen molar-refractivity contribution >= 4 is 28.3 Å². The fourth-order valence-corrected chi connectivity index (χ4v) is 2.74. The Kier molecular flexibility index (Phi) is 3.98. The summed E-state index contributed by atoms with van der Waals surface area (Å²) in [5, 5.41) is 7.18. The first-order valence-electron chi connectivity index (χ1n) is 8.34. The van der Waals surface area contributed by atoms with Gasteiger partial charge in [0.05, 0.1) is 18.2 Å². The number of anilines is 2. The SMILES string of the molecule is COc1ccc(Nc2cc(C(=O)NC3CC3)c3ccccc3n2)cc1. The summed E-state index contributed by atoms with van der Waals surface area (Å²) in [5.41, 5.74) is 2.33. The highest BCUT2D eigenvalue weighted by Gasteiger charge is 2.25.